The number of hydrogen-bond donors (Lipinski definition) is 2. The van der Waals surface area contributed by atoms with E-state index in [9.17, 15) is 9.59 Å². The molecule has 29 heavy (non-hydrogen) atoms. The van der Waals surface area contributed by atoms with E-state index in [0.717, 1.165) is 32.1 Å². The second kappa shape index (κ2) is 7.42. The minimum atomic E-state index is -0.165. The molecular weight excluding hydrogens is 402 g/mol. The van der Waals surface area contributed by atoms with Crippen LogP contribution in [0.25, 0.3) is 10.9 Å². The van der Waals surface area contributed by atoms with Crippen LogP contribution in [0.3, 0.4) is 0 Å². The Bertz CT molecular complexity index is 1210. The van der Waals surface area contributed by atoms with Crippen molar-refractivity contribution < 1.29 is 9.59 Å². The van der Waals surface area contributed by atoms with E-state index in [0.29, 0.717) is 17.2 Å². The van der Waals surface area contributed by atoms with Gasteiger partial charge >= 0.3 is 0 Å². The summed E-state index contributed by atoms with van der Waals surface area (Å²) in [7, 11) is 0. The molecule has 0 unspecified atom stereocenters. The number of fused-ring (bicyclic) bond motifs is 2. The molecule has 144 valence electrons. The fourth-order valence-electron chi connectivity index (χ4n) is 3.41. The summed E-state index contributed by atoms with van der Waals surface area (Å²) < 4.78 is 1.00. The molecule has 0 atom stereocenters. The first-order valence-electron chi connectivity index (χ1n) is 9.17. The van der Waals surface area contributed by atoms with Gasteiger partial charge < -0.3 is 15.2 Å². The van der Waals surface area contributed by atoms with E-state index in [1.165, 1.54) is 23.1 Å². The summed E-state index contributed by atoms with van der Waals surface area (Å²) in [5, 5.41) is 3.96. The molecule has 5 rings (SSSR count). The number of aromatic nitrogens is 1. The molecule has 2 aromatic heterocycles. The third kappa shape index (κ3) is 3.43. The fraction of sp³-hybridized carbons (Fsp3) is 0.0909. The number of nitrogens with one attached hydrogen (secondary N) is 2. The van der Waals surface area contributed by atoms with Gasteiger partial charge in [-0.05, 0) is 17.7 Å². The molecule has 2 N–H and O–H groups in total. The maximum atomic E-state index is 12.9. The summed E-state index contributed by atoms with van der Waals surface area (Å²) in [6, 6.07) is 19.6. The van der Waals surface area contributed by atoms with Crippen molar-refractivity contribution in [1.82, 2.24) is 4.98 Å². The molecule has 0 saturated carbocycles. The lowest BCUT2D eigenvalue weighted by Gasteiger charge is -2.26. The maximum absolute atomic E-state index is 12.9. The summed E-state index contributed by atoms with van der Waals surface area (Å²) in [6.07, 6.45) is 1.80. The number of para-hydroxylation sites is 1. The van der Waals surface area contributed by atoms with E-state index in [1.807, 2.05) is 60.7 Å². The Balaban J connectivity index is 1.42. The van der Waals surface area contributed by atoms with Crippen LogP contribution in [0.1, 0.15) is 15.2 Å². The number of thiophene rings is 1. The molecule has 1 aliphatic heterocycles. The van der Waals surface area contributed by atoms with Crippen molar-refractivity contribution in [2.24, 2.45) is 0 Å². The van der Waals surface area contributed by atoms with Crippen molar-refractivity contribution in [2.45, 2.75) is 10.8 Å². The van der Waals surface area contributed by atoms with Crippen molar-refractivity contribution >= 4 is 57.2 Å². The standard InChI is InChI=1S/C22H17N3O2S2/c26-20-13-28-22-18(25(20)12-14-6-2-1-3-7-14)10-19(29-22)21(27)24-17-11-23-16-9-5-4-8-15(16)17/h1-11,23H,12-13H2,(H,24,27). The Morgan fingerprint density at radius 3 is 2.76 bits per heavy atom. The number of anilines is 2. The zero-order chi connectivity index (χ0) is 19.8. The first-order valence-corrected chi connectivity index (χ1v) is 11.0. The van der Waals surface area contributed by atoms with Crippen molar-refractivity contribution in [3.05, 3.63) is 77.3 Å². The highest BCUT2D eigenvalue weighted by atomic mass is 32.2. The number of aromatic amines is 1. The summed E-state index contributed by atoms with van der Waals surface area (Å²) in [4.78, 5) is 31.0. The summed E-state index contributed by atoms with van der Waals surface area (Å²) >= 11 is 2.93. The van der Waals surface area contributed by atoms with Crippen LogP contribution in [0.15, 0.2) is 71.1 Å². The monoisotopic (exact) mass is 419 g/mol. The van der Waals surface area contributed by atoms with Crippen LogP contribution >= 0.6 is 23.1 Å². The van der Waals surface area contributed by atoms with Crippen LogP contribution in [0.5, 0.6) is 0 Å². The molecule has 2 aromatic carbocycles. The van der Waals surface area contributed by atoms with Gasteiger partial charge in [0.2, 0.25) is 5.91 Å². The predicted octanol–water partition coefficient (Wildman–Crippen LogP) is 5.12. The van der Waals surface area contributed by atoms with Crippen molar-refractivity contribution in [3.8, 4) is 0 Å². The topological polar surface area (TPSA) is 65.2 Å². The highest BCUT2D eigenvalue weighted by Gasteiger charge is 2.28. The number of H-pyrrole nitrogens is 1. The normalized spacial score (nSPS) is 13.5. The predicted molar refractivity (Wildman–Crippen MR) is 119 cm³/mol. The quantitative estimate of drug-likeness (QED) is 0.482. The summed E-state index contributed by atoms with van der Waals surface area (Å²) in [6.45, 7) is 0.507. The van der Waals surface area contributed by atoms with Crippen LogP contribution in [0.2, 0.25) is 0 Å². The number of hydrogen-bond acceptors (Lipinski definition) is 4. The van der Waals surface area contributed by atoms with Gasteiger partial charge in [0, 0.05) is 17.1 Å². The van der Waals surface area contributed by atoms with E-state index >= 15 is 0 Å². The summed E-state index contributed by atoms with van der Waals surface area (Å²) in [5.74, 6) is 0.290. The lowest BCUT2D eigenvalue weighted by atomic mass is 10.2. The SMILES string of the molecule is O=C(Nc1c[nH]c2ccccc12)c1cc2c(s1)SCC(=O)N2Cc1ccccc1. The molecule has 7 heteroatoms. The zero-order valence-electron chi connectivity index (χ0n) is 15.3. The molecule has 0 aliphatic carbocycles. The first kappa shape index (κ1) is 18.0. The number of amides is 2. The van der Waals surface area contributed by atoms with Crippen LogP contribution in [-0.4, -0.2) is 22.6 Å². The molecule has 0 radical (unpaired) electrons. The van der Waals surface area contributed by atoms with Gasteiger partial charge in [0.25, 0.3) is 5.91 Å². The van der Waals surface area contributed by atoms with Gasteiger partial charge in [-0.15, -0.1) is 23.1 Å². The first-order chi connectivity index (χ1) is 14.2. The molecule has 0 fully saturated rings. The molecule has 0 bridgehead atoms. The lowest BCUT2D eigenvalue weighted by molar-refractivity contribution is -0.116. The van der Waals surface area contributed by atoms with E-state index in [4.69, 9.17) is 0 Å². The second-order valence-electron chi connectivity index (χ2n) is 6.74. The van der Waals surface area contributed by atoms with Crippen LogP contribution in [0, 0.1) is 0 Å². The van der Waals surface area contributed by atoms with Gasteiger partial charge in [0.15, 0.2) is 0 Å². The Hall–Kier alpha value is -3.03. The van der Waals surface area contributed by atoms with Gasteiger partial charge in [-0.3, -0.25) is 9.59 Å². The molecule has 0 spiro atoms. The third-order valence-electron chi connectivity index (χ3n) is 4.84. The third-order valence-corrected chi connectivity index (χ3v) is 7.23. The molecule has 1 aliphatic rings. The minimum Gasteiger partial charge on any atom is -0.359 e. The van der Waals surface area contributed by atoms with Gasteiger partial charge in [-0.1, -0.05) is 48.5 Å². The maximum Gasteiger partial charge on any atom is 0.265 e. The molecular formula is C22H17N3O2S2. The number of carbonyl (C=O) groups is 2. The van der Waals surface area contributed by atoms with Crippen LogP contribution < -0.4 is 10.2 Å². The summed E-state index contributed by atoms with van der Waals surface area (Å²) in [5.41, 5.74) is 3.61. The van der Waals surface area contributed by atoms with E-state index in [-0.39, 0.29) is 11.8 Å². The number of thioether (sulfide) groups is 1. The van der Waals surface area contributed by atoms with Crippen LogP contribution in [0.4, 0.5) is 11.4 Å². The van der Waals surface area contributed by atoms with Gasteiger partial charge in [0.05, 0.1) is 32.8 Å². The molecule has 2 amide bonds. The van der Waals surface area contributed by atoms with Gasteiger partial charge in [-0.25, -0.2) is 0 Å². The minimum absolute atomic E-state index is 0.0627. The van der Waals surface area contributed by atoms with E-state index in [2.05, 4.69) is 10.3 Å². The van der Waals surface area contributed by atoms with E-state index in [1.54, 1.807) is 11.1 Å². The Labute approximate surface area is 175 Å². The van der Waals surface area contributed by atoms with Crippen LogP contribution in [-0.2, 0) is 11.3 Å². The molecule has 0 saturated heterocycles. The van der Waals surface area contributed by atoms with Crippen molar-refractivity contribution in [1.29, 1.82) is 0 Å². The fourth-order valence-corrected chi connectivity index (χ4v) is 5.60. The average Bonchev–Trinajstić information content (AvgIpc) is 3.36. The second-order valence-corrected chi connectivity index (χ2v) is 9.04. The zero-order valence-corrected chi connectivity index (χ0v) is 17.0. The Morgan fingerprint density at radius 2 is 1.90 bits per heavy atom. The highest BCUT2D eigenvalue weighted by Crippen LogP contribution is 2.43. The largest absolute Gasteiger partial charge is 0.359 e. The molecule has 3 heterocycles. The smallest absolute Gasteiger partial charge is 0.265 e. The number of rotatable bonds is 4. The van der Waals surface area contributed by atoms with Gasteiger partial charge in [-0.2, -0.15) is 0 Å². The molecule has 4 aromatic rings. The number of nitrogens with zero attached hydrogens (tertiary/aromatic N) is 1. The molecule has 5 nitrogen and oxygen atoms in total. The van der Waals surface area contributed by atoms with Crippen molar-refractivity contribution in [2.75, 3.05) is 16.0 Å². The Morgan fingerprint density at radius 1 is 1.10 bits per heavy atom. The lowest BCUT2D eigenvalue weighted by Crippen LogP contribution is -2.34. The van der Waals surface area contributed by atoms with Crippen molar-refractivity contribution in [3.63, 3.8) is 0 Å². The number of benzene rings is 2. The van der Waals surface area contributed by atoms with E-state index < -0.39 is 0 Å². The number of carbonyl (C=O) groups excluding carboxylic acids is 2. The highest BCUT2D eigenvalue weighted by molar-refractivity contribution is 8.02. The Kier molecular flexibility index (Phi) is 4.61. The average molecular weight is 420 g/mol. The van der Waals surface area contributed by atoms with Gasteiger partial charge in [0.1, 0.15) is 0 Å².